The van der Waals surface area contributed by atoms with Crippen LogP contribution in [-0.4, -0.2) is 10.1 Å². The van der Waals surface area contributed by atoms with Crippen LogP contribution in [0.3, 0.4) is 0 Å². The van der Waals surface area contributed by atoms with Crippen molar-refractivity contribution in [2.45, 2.75) is 0 Å². The van der Waals surface area contributed by atoms with Gasteiger partial charge in [-0.1, -0.05) is 6.07 Å². The monoisotopic (exact) mass is 215 g/mol. The Hall–Kier alpha value is 0.244. The normalized spacial score (nSPS) is 6.00. The Morgan fingerprint density at radius 1 is 1.20 bits per heavy atom. The summed E-state index contributed by atoms with van der Waals surface area (Å²) in [6.07, 6.45) is 1.54. The SMILES string of the molecule is Cl.Cl.Oc1ccccn1.[Ti]. The van der Waals surface area contributed by atoms with Crippen LogP contribution >= 0.6 is 24.8 Å². The molecule has 0 aliphatic heterocycles. The number of aromatic nitrogens is 1. The third kappa shape index (κ3) is 6.37. The topological polar surface area (TPSA) is 33.1 Å². The molecule has 0 aromatic carbocycles. The molecule has 0 saturated heterocycles. The van der Waals surface area contributed by atoms with Crippen molar-refractivity contribution in [3.8, 4) is 5.88 Å². The summed E-state index contributed by atoms with van der Waals surface area (Å²) in [5, 5.41) is 8.52. The average molecular weight is 216 g/mol. The van der Waals surface area contributed by atoms with E-state index in [1.54, 1.807) is 12.1 Å². The van der Waals surface area contributed by atoms with Gasteiger partial charge in [0.15, 0.2) is 0 Å². The maximum Gasteiger partial charge on any atom is 0.210 e. The van der Waals surface area contributed by atoms with Gasteiger partial charge in [-0.15, -0.1) is 24.8 Å². The van der Waals surface area contributed by atoms with Gasteiger partial charge < -0.3 is 5.11 Å². The molecule has 1 heterocycles. The fourth-order valence-electron chi connectivity index (χ4n) is 0.354. The third-order valence-corrected chi connectivity index (χ3v) is 0.649. The van der Waals surface area contributed by atoms with Crippen LogP contribution in [0.25, 0.3) is 0 Å². The van der Waals surface area contributed by atoms with Gasteiger partial charge in [0.1, 0.15) is 0 Å². The number of rotatable bonds is 0. The zero-order valence-corrected chi connectivity index (χ0v) is 8.21. The second-order valence-corrected chi connectivity index (χ2v) is 1.19. The Balaban J connectivity index is -0.000000163. The first-order chi connectivity index (χ1) is 3.39. The molecular formula is C5H7Cl2NOTi. The first kappa shape index (κ1) is 16.7. The van der Waals surface area contributed by atoms with Crippen molar-refractivity contribution >= 4 is 24.8 Å². The van der Waals surface area contributed by atoms with Gasteiger partial charge in [-0.2, -0.15) is 0 Å². The second kappa shape index (κ2) is 9.24. The molecule has 1 aromatic heterocycles. The molecule has 0 spiro atoms. The van der Waals surface area contributed by atoms with Crippen LogP contribution in [0.5, 0.6) is 5.88 Å². The molecule has 1 rings (SSSR count). The van der Waals surface area contributed by atoms with Crippen LogP contribution in [-0.2, 0) is 21.7 Å². The Bertz CT molecular complexity index is 150. The fourth-order valence-corrected chi connectivity index (χ4v) is 0.354. The van der Waals surface area contributed by atoms with Crippen molar-refractivity contribution in [3.05, 3.63) is 24.4 Å². The van der Waals surface area contributed by atoms with Crippen LogP contribution in [0.2, 0.25) is 0 Å². The van der Waals surface area contributed by atoms with Gasteiger partial charge >= 0.3 is 0 Å². The molecule has 2 nitrogen and oxygen atoms in total. The number of aromatic hydroxyl groups is 1. The van der Waals surface area contributed by atoms with E-state index in [0.717, 1.165) is 0 Å². The Morgan fingerprint density at radius 3 is 2.00 bits per heavy atom. The van der Waals surface area contributed by atoms with Crippen molar-refractivity contribution in [1.29, 1.82) is 0 Å². The van der Waals surface area contributed by atoms with Crippen LogP contribution in [0.4, 0.5) is 0 Å². The van der Waals surface area contributed by atoms with Crippen molar-refractivity contribution in [2.24, 2.45) is 0 Å². The molecule has 0 aliphatic rings. The van der Waals surface area contributed by atoms with E-state index in [9.17, 15) is 0 Å². The largest absolute Gasteiger partial charge is 0.493 e. The summed E-state index contributed by atoms with van der Waals surface area (Å²) in [5.74, 6) is 0.0718. The molecule has 0 radical (unpaired) electrons. The van der Waals surface area contributed by atoms with Gasteiger partial charge in [0, 0.05) is 34.0 Å². The van der Waals surface area contributed by atoms with E-state index in [1.165, 1.54) is 12.3 Å². The van der Waals surface area contributed by atoms with Crippen molar-refractivity contribution in [2.75, 3.05) is 0 Å². The molecule has 0 fully saturated rings. The first-order valence-electron chi connectivity index (χ1n) is 1.99. The maximum atomic E-state index is 8.52. The third-order valence-electron chi connectivity index (χ3n) is 0.649. The average Bonchev–Trinajstić information content (AvgIpc) is 1.69. The molecule has 0 amide bonds. The number of pyridine rings is 1. The van der Waals surface area contributed by atoms with E-state index in [-0.39, 0.29) is 52.4 Å². The minimum Gasteiger partial charge on any atom is -0.493 e. The summed E-state index contributed by atoms with van der Waals surface area (Å²) in [6, 6.07) is 5.00. The van der Waals surface area contributed by atoms with Gasteiger partial charge in [0.2, 0.25) is 5.88 Å². The summed E-state index contributed by atoms with van der Waals surface area (Å²) >= 11 is 0. The molecule has 0 bridgehead atoms. The number of halogens is 2. The molecule has 0 atom stereocenters. The van der Waals surface area contributed by atoms with Gasteiger partial charge in [-0.3, -0.25) is 0 Å². The van der Waals surface area contributed by atoms with Gasteiger partial charge in [0.05, 0.1) is 0 Å². The first-order valence-corrected chi connectivity index (χ1v) is 1.99. The van der Waals surface area contributed by atoms with Gasteiger partial charge in [0.25, 0.3) is 0 Å². The van der Waals surface area contributed by atoms with Crippen LogP contribution in [0, 0.1) is 0 Å². The summed E-state index contributed by atoms with van der Waals surface area (Å²) in [5.41, 5.74) is 0. The zero-order chi connectivity index (χ0) is 5.11. The smallest absolute Gasteiger partial charge is 0.210 e. The molecule has 0 saturated carbocycles. The Labute approximate surface area is 86.8 Å². The number of hydrogen-bond acceptors (Lipinski definition) is 2. The standard InChI is InChI=1S/C5H5NO.2ClH.Ti/c7-5-3-1-2-4-6-5;;;/h1-4H,(H,6,7);2*1H;. The summed E-state index contributed by atoms with van der Waals surface area (Å²) in [4.78, 5) is 3.53. The quantitative estimate of drug-likeness (QED) is 0.668. The van der Waals surface area contributed by atoms with E-state index >= 15 is 0 Å². The van der Waals surface area contributed by atoms with Gasteiger partial charge in [-0.25, -0.2) is 4.98 Å². The van der Waals surface area contributed by atoms with Crippen molar-refractivity contribution in [1.82, 2.24) is 4.98 Å². The Morgan fingerprint density at radius 2 is 1.80 bits per heavy atom. The Kier molecular flexibility index (Phi) is 15.4. The van der Waals surface area contributed by atoms with Crippen LogP contribution in [0.15, 0.2) is 24.4 Å². The maximum absolute atomic E-state index is 8.52. The van der Waals surface area contributed by atoms with Crippen molar-refractivity contribution in [3.63, 3.8) is 0 Å². The molecule has 10 heavy (non-hydrogen) atoms. The van der Waals surface area contributed by atoms with E-state index in [1.807, 2.05) is 0 Å². The second-order valence-electron chi connectivity index (χ2n) is 1.19. The molecule has 1 aromatic rings. The predicted molar refractivity (Wildman–Crippen MR) is 40.4 cm³/mol. The number of hydrogen-bond donors (Lipinski definition) is 1. The fraction of sp³-hybridized carbons (Fsp3) is 0. The zero-order valence-electron chi connectivity index (χ0n) is 5.02. The molecular weight excluding hydrogens is 209 g/mol. The van der Waals surface area contributed by atoms with Crippen molar-refractivity contribution < 1.29 is 26.8 Å². The molecule has 5 heteroatoms. The predicted octanol–water partition coefficient (Wildman–Crippen LogP) is 1.63. The minimum atomic E-state index is 0. The van der Waals surface area contributed by atoms with E-state index in [0.29, 0.717) is 0 Å². The van der Waals surface area contributed by atoms with E-state index < -0.39 is 0 Å². The summed E-state index contributed by atoms with van der Waals surface area (Å²) < 4.78 is 0. The molecule has 0 unspecified atom stereocenters. The van der Waals surface area contributed by atoms with Gasteiger partial charge in [-0.05, 0) is 6.07 Å². The summed E-state index contributed by atoms with van der Waals surface area (Å²) in [6.45, 7) is 0. The van der Waals surface area contributed by atoms with Crippen LogP contribution < -0.4 is 0 Å². The summed E-state index contributed by atoms with van der Waals surface area (Å²) in [7, 11) is 0. The van der Waals surface area contributed by atoms with E-state index in [4.69, 9.17) is 5.11 Å². The molecule has 1 N–H and O–H groups in total. The van der Waals surface area contributed by atoms with E-state index in [2.05, 4.69) is 4.98 Å². The number of nitrogens with zero attached hydrogens (tertiary/aromatic N) is 1. The molecule has 0 aliphatic carbocycles. The molecule has 56 valence electrons. The minimum absolute atomic E-state index is 0. The van der Waals surface area contributed by atoms with Crippen LogP contribution in [0.1, 0.15) is 0 Å².